The van der Waals surface area contributed by atoms with Gasteiger partial charge in [-0.3, -0.25) is 0 Å². The molecule has 5 heteroatoms. The third-order valence-corrected chi connectivity index (χ3v) is 3.02. The summed E-state index contributed by atoms with van der Waals surface area (Å²) in [4.78, 5) is 6.04. The molecule has 0 amide bonds. The summed E-state index contributed by atoms with van der Waals surface area (Å²) >= 11 is 0. The average molecular weight is 285 g/mol. The summed E-state index contributed by atoms with van der Waals surface area (Å²) in [7, 11) is 1.65. The van der Waals surface area contributed by atoms with Gasteiger partial charge >= 0.3 is 0 Å². The molecule has 0 fully saturated rings. The van der Waals surface area contributed by atoms with Gasteiger partial charge in [-0.2, -0.15) is 0 Å². The second-order valence-corrected chi connectivity index (χ2v) is 6.02. The van der Waals surface area contributed by atoms with Gasteiger partial charge in [0, 0.05) is 24.7 Å². The zero-order chi connectivity index (χ0) is 15.3. The first-order valence-electron chi connectivity index (χ1n) is 6.95. The predicted octanol–water partition coefficient (Wildman–Crippen LogP) is 3.19. The number of pyridine rings is 1. The highest BCUT2D eigenvalue weighted by Crippen LogP contribution is 2.24. The molecule has 0 saturated carbocycles. The van der Waals surface area contributed by atoms with E-state index in [0.717, 1.165) is 24.3 Å². The molecule has 1 heterocycles. The van der Waals surface area contributed by atoms with E-state index in [2.05, 4.69) is 31.1 Å². The number of anilines is 1. The molecule has 0 radical (unpaired) electrons. The zero-order valence-electron chi connectivity index (χ0n) is 13.0. The minimum Gasteiger partial charge on any atom is -0.354 e. The summed E-state index contributed by atoms with van der Waals surface area (Å²) in [6, 6.07) is 3.92. The van der Waals surface area contributed by atoms with E-state index in [0.29, 0.717) is 5.82 Å². The van der Waals surface area contributed by atoms with Gasteiger partial charge < -0.3 is 10.2 Å². The quantitative estimate of drug-likeness (QED) is 0.870. The second kappa shape index (κ2) is 6.97. The maximum atomic E-state index is 12.5. The normalized spacial score (nSPS) is 12.0. The lowest BCUT2D eigenvalue weighted by molar-refractivity contribution is 0.156. The SMILES string of the molecule is CCNCc1cc(N(C)CC(F)F)nc(C(C)(C)C)c1. The fourth-order valence-corrected chi connectivity index (χ4v) is 1.82. The fraction of sp³-hybridized carbons (Fsp3) is 0.667. The van der Waals surface area contributed by atoms with Crippen LogP contribution in [0.1, 0.15) is 39.0 Å². The van der Waals surface area contributed by atoms with Crippen molar-refractivity contribution in [1.29, 1.82) is 0 Å². The molecule has 1 aromatic rings. The van der Waals surface area contributed by atoms with E-state index < -0.39 is 6.43 Å². The lowest BCUT2D eigenvalue weighted by Gasteiger charge is -2.24. The largest absolute Gasteiger partial charge is 0.354 e. The topological polar surface area (TPSA) is 28.2 Å². The van der Waals surface area contributed by atoms with Crippen LogP contribution in [0, 0.1) is 0 Å². The number of nitrogens with zero attached hydrogens (tertiary/aromatic N) is 2. The van der Waals surface area contributed by atoms with Crippen LogP contribution in [0.3, 0.4) is 0 Å². The standard InChI is InChI=1S/C15H25F2N3/c1-6-18-9-11-7-12(15(2,3)4)19-14(8-11)20(5)10-13(16)17/h7-8,13,18H,6,9-10H2,1-5H3. The monoisotopic (exact) mass is 285 g/mol. The Morgan fingerprint density at radius 3 is 2.45 bits per heavy atom. The Morgan fingerprint density at radius 1 is 1.30 bits per heavy atom. The molecule has 3 nitrogen and oxygen atoms in total. The lowest BCUT2D eigenvalue weighted by Crippen LogP contribution is -2.27. The lowest BCUT2D eigenvalue weighted by atomic mass is 9.90. The van der Waals surface area contributed by atoms with Gasteiger partial charge in [0.25, 0.3) is 6.43 Å². The van der Waals surface area contributed by atoms with E-state index in [1.807, 2.05) is 19.1 Å². The molecule has 1 rings (SSSR count). The number of nitrogens with one attached hydrogen (secondary N) is 1. The van der Waals surface area contributed by atoms with E-state index in [1.165, 1.54) is 4.90 Å². The Kier molecular flexibility index (Phi) is 5.87. The first-order chi connectivity index (χ1) is 9.24. The van der Waals surface area contributed by atoms with Crippen LogP contribution in [0.25, 0.3) is 0 Å². The summed E-state index contributed by atoms with van der Waals surface area (Å²) in [5.41, 5.74) is 1.88. The fourth-order valence-electron chi connectivity index (χ4n) is 1.82. The highest BCUT2D eigenvalue weighted by Gasteiger charge is 2.19. The summed E-state index contributed by atoms with van der Waals surface area (Å²) in [6.07, 6.45) is -2.36. The molecule has 0 aliphatic rings. The van der Waals surface area contributed by atoms with Gasteiger partial charge in [-0.1, -0.05) is 27.7 Å². The van der Waals surface area contributed by atoms with Crippen molar-refractivity contribution in [2.24, 2.45) is 0 Å². The van der Waals surface area contributed by atoms with E-state index in [1.54, 1.807) is 7.05 Å². The van der Waals surface area contributed by atoms with E-state index in [-0.39, 0.29) is 12.0 Å². The summed E-state index contributed by atoms with van der Waals surface area (Å²) in [5, 5.41) is 3.26. The Balaban J connectivity index is 3.09. The molecule has 0 bridgehead atoms. The van der Waals surface area contributed by atoms with Crippen LogP contribution in [0.5, 0.6) is 0 Å². The highest BCUT2D eigenvalue weighted by atomic mass is 19.3. The van der Waals surface area contributed by atoms with E-state index in [9.17, 15) is 8.78 Å². The maximum absolute atomic E-state index is 12.5. The van der Waals surface area contributed by atoms with E-state index in [4.69, 9.17) is 0 Å². The van der Waals surface area contributed by atoms with Crippen molar-refractivity contribution in [2.45, 2.75) is 46.1 Å². The van der Waals surface area contributed by atoms with Crippen LogP contribution in [-0.2, 0) is 12.0 Å². The molecule has 0 atom stereocenters. The third kappa shape index (κ3) is 5.04. The molecule has 1 N–H and O–H groups in total. The first kappa shape index (κ1) is 16.8. The van der Waals surface area contributed by atoms with Gasteiger partial charge in [0.1, 0.15) is 5.82 Å². The number of hydrogen-bond acceptors (Lipinski definition) is 3. The molecule has 0 saturated heterocycles. The van der Waals surface area contributed by atoms with Crippen LogP contribution >= 0.6 is 0 Å². The molecular formula is C15H25F2N3. The van der Waals surface area contributed by atoms with Crippen LogP contribution in [0.15, 0.2) is 12.1 Å². The molecule has 0 aliphatic heterocycles. The molecule has 0 aliphatic carbocycles. The molecule has 114 valence electrons. The third-order valence-electron chi connectivity index (χ3n) is 3.02. The van der Waals surface area contributed by atoms with Crippen molar-refractivity contribution < 1.29 is 8.78 Å². The summed E-state index contributed by atoms with van der Waals surface area (Å²) < 4.78 is 25.1. The van der Waals surface area contributed by atoms with Gasteiger partial charge in [0.05, 0.1) is 6.54 Å². The van der Waals surface area contributed by atoms with Crippen LogP contribution in [0.2, 0.25) is 0 Å². The van der Waals surface area contributed by atoms with Gasteiger partial charge in [-0.25, -0.2) is 13.8 Å². The van der Waals surface area contributed by atoms with Gasteiger partial charge in [0.2, 0.25) is 0 Å². The second-order valence-electron chi connectivity index (χ2n) is 6.02. The van der Waals surface area contributed by atoms with Crippen LogP contribution in [0.4, 0.5) is 14.6 Å². The molecule has 0 spiro atoms. The molecule has 20 heavy (non-hydrogen) atoms. The van der Waals surface area contributed by atoms with Crippen molar-refractivity contribution >= 4 is 5.82 Å². The minimum atomic E-state index is -2.36. The Labute approximate surface area is 120 Å². The van der Waals surface area contributed by atoms with Gasteiger partial charge in [0.15, 0.2) is 0 Å². The minimum absolute atomic E-state index is 0.108. The molecule has 0 aromatic carbocycles. The van der Waals surface area contributed by atoms with Crippen molar-refractivity contribution in [1.82, 2.24) is 10.3 Å². The number of hydrogen-bond donors (Lipinski definition) is 1. The first-order valence-corrected chi connectivity index (χ1v) is 6.95. The number of aromatic nitrogens is 1. The summed E-state index contributed by atoms with van der Waals surface area (Å²) in [5.74, 6) is 0.602. The van der Waals surface area contributed by atoms with Gasteiger partial charge in [-0.15, -0.1) is 0 Å². The summed E-state index contributed by atoms with van der Waals surface area (Å²) in [6.45, 7) is 9.54. The van der Waals surface area contributed by atoms with Crippen molar-refractivity contribution in [3.8, 4) is 0 Å². The Hall–Kier alpha value is -1.23. The van der Waals surface area contributed by atoms with Crippen molar-refractivity contribution in [3.63, 3.8) is 0 Å². The molecule has 1 aromatic heterocycles. The smallest absolute Gasteiger partial charge is 0.255 e. The Bertz CT molecular complexity index is 428. The van der Waals surface area contributed by atoms with Crippen LogP contribution < -0.4 is 10.2 Å². The van der Waals surface area contributed by atoms with Crippen molar-refractivity contribution in [2.75, 3.05) is 25.0 Å². The number of rotatable bonds is 6. The highest BCUT2D eigenvalue weighted by molar-refractivity contribution is 5.43. The number of halogens is 2. The van der Waals surface area contributed by atoms with Crippen molar-refractivity contribution in [3.05, 3.63) is 23.4 Å². The zero-order valence-corrected chi connectivity index (χ0v) is 13.0. The predicted molar refractivity (Wildman–Crippen MR) is 79.6 cm³/mol. The average Bonchev–Trinajstić information content (AvgIpc) is 2.34. The van der Waals surface area contributed by atoms with Gasteiger partial charge in [-0.05, 0) is 24.2 Å². The van der Waals surface area contributed by atoms with Crippen LogP contribution in [-0.4, -0.2) is 31.5 Å². The maximum Gasteiger partial charge on any atom is 0.255 e. The molecule has 0 unspecified atom stereocenters. The Morgan fingerprint density at radius 2 is 1.95 bits per heavy atom. The molecular weight excluding hydrogens is 260 g/mol. The number of alkyl halides is 2. The van der Waals surface area contributed by atoms with E-state index >= 15 is 0 Å².